The zero-order valence-corrected chi connectivity index (χ0v) is 21.3. The molecule has 0 radical (unpaired) electrons. The number of nitrogens with zero attached hydrogens (tertiary/aromatic N) is 2. The summed E-state index contributed by atoms with van der Waals surface area (Å²) in [7, 11) is 0. The summed E-state index contributed by atoms with van der Waals surface area (Å²) in [5.41, 5.74) is 4.97. The number of imide groups is 2. The van der Waals surface area contributed by atoms with Gasteiger partial charge in [-0.2, -0.15) is 0 Å². The van der Waals surface area contributed by atoms with Crippen LogP contribution in [-0.2, 0) is 19.2 Å². The minimum absolute atomic E-state index is 0.0683. The third-order valence-corrected chi connectivity index (χ3v) is 10.1. The SMILES string of the molecule is Cc1cc(-c2ccc(N3C(=O)[C@@H]4[C@H](C3=O)[C@H]3C=C[C@H]4C3)c(C)c2)ccc1N1C(=O)[C@@H]2[C@H](C1=O)[C@@H]1C=C[C@H]2C1. The molecule has 4 bridgehead atoms. The summed E-state index contributed by atoms with van der Waals surface area (Å²) in [5, 5.41) is 0. The fourth-order valence-corrected chi connectivity index (χ4v) is 8.45. The molecule has 4 amide bonds. The quantitative estimate of drug-likeness (QED) is 0.453. The highest BCUT2D eigenvalue weighted by Gasteiger charge is 2.60. The van der Waals surface area contributed by atoms with E-state index in [0.717, 1.165) is 35.1 Å². The fraction of sp³-hybridized carbons (Fsp3) is 0.375. The molecule has 2 saturated carbocycles. The Kier molecular flexibility index (Phi) is 4.33. The molecule has 0 unspecified atom stereocenters. The maximum absolute atomic E-state index is 13.3. The molecule has 0 N–H and O–H groups in total. The molecule has 6 heteroatoms. The first-order chi connectivity index (χ1) is 18.3. The molecule has 0 spiro atoms. The number of carbonyl (C=O) groups excluding carboxylic acids is 4. The number of rotatable bonds is 3. The Labute approximate surface area is 221 Å². The van der Waals surface area contributed by atoms with Crippen LogP contribution in [0.2, 0.25) is 0 Å². The molecule has 38 heavy (non-hydrogen) atoms. The van der Waals surface area contributed by atoms with E-state index >= 15 is 0 Å². The summed E-state index contributed by atoms with van der Waals surface area (Å²) in [6.45, 7) is 3.87. The predicted molar refractivity (Wildman–Crippen MR) is 142 cm³/mol. The number of benzene rings is 2. The van der Waals surface area contributed by atoms with E-state index in [2.05, 4.69) is 24.3 Å². The van der Waals surface area contributed by atoms with Gasteiger partial charge in [-0.25, -0.2) is 9.80 Å². The largest absolute Gasteiger partial charge is 0.274 e. The first-order valence-corrected chi connectivity index (χ1v) is 13.7. The van der Waals surface area contributed by atoms with Crippen LogP contribution in [0.25, 0.3) is 11.1 Å². The lowest BCUT2D eigenvalue weighted by molar-refractivity contribution is -0.124. The Morgan fingerprint density at radius 1 is 0.526 bits per heavy atom. The zero-order chi connectivity index (χ0) is 26.0. The highest BCUT2D eigenvalue weighted by Crippen LogP contribution is 2.54. The summed E-state index contributed by atoms with van der Waals surface area (Å²) in [4.78, 5) is 56.0. The smallest absolute Gasteiger partial charge is 0.238 e. The maximum atomic E-state index is 13.3. The van der Waals surface area contributed by atoms with Crippen molar-refractivity contribution in [3.05, 3.63) is 71.8 Å². The van der Waals surface area contributed by atoms with Gasteiger partial charge in [0.25, 0.3) is 0 Å². The highest BCUT2D eigenvalue weighted by atomic mass is 16.2. The highest BCUT2D eigenvalue weighted by molar-refractivity contribution is 6.24. The Bertz CT molecular complexity index is 1380. The summed E-state index contributed by atoms with van der Waals surface area (Å²) >= 11 is 0. The van der Waals surface area contributed by atoms with Gasteiger partial charge in [-0.15, -0.1) is 0 Å². The lowest BCUT2D eigenvalue weighted by Gasteiger charge is -2.21. The van der Waals surface area contributed by atoms with Gasteiger partial charge in [0, 0.05) is 0 Å². The number of fused-ring (bicyclic) bond motifs is 10. The summed E-state index contributed by atoms with van der Waals surface area (Å²) < 4.78 is 0. The van der Waals surface area contributed by atoms with Crippen LogP contribution in [0.3, 0.4) is 0 Å². The molecule has 6 aliphatic rings. The van der Waals surface area contributed by atoms with Gasteiger partial charge in [0.2, 0.25) is 23.6 Å². The summed E-state index contributed by atoms with van der Waals surface area (Å²) in [6.07, 6.45) is 10.3. The van der Waals surface area contributed by atoms with Gasteiger partial charge in [0.05, 0.1) is 35.0 Å². The van der Waals surface area contributed by atoms with Crippen molar-refractivity contribution in [2.45, 2.75) is 26.7 Å². The van der Waals surface area contributed by atoms with E-state index in [9.17, 15) is 19.2 Å². The first-order valence-electron chi connectivity index (χ1n) is 13.7. The fourth-order valence-electron chi connectivity index (χ4n) is 8.45. The van der Waals surface area contributed by atoms with E-state index in [1.54, 1.807) is 0 Å². The normalized spacial score (nSPS) is 35.8. The van der Waals surface area contributed by atoms with Crippen molar-refractivity contribution in [1.82, 2.24) is 0 Å². The first kappa shape index (κ1) is 22.2. The van der Waals surface area contributed by atoms with Gasteiger partial charge in [-0.1, -0.05) is 36.4 Å². The van der Waals surface area contributed by atoms with Gasteiger partial charge in [-0.3, -0.25) is 19.2 Å². The molecule has 190 valence electrons. The van der Waals surface area contributed by atoms with Gasteiger partial charge in [-0.05, 0) is 96.9 Å². The van der Waals surface area contributed by atoms with Gasteiger partial charge in [0.1, 0.15) is 0 Å². The van der Waals surface area contributed by atoms with E-state index in [1.165, 1.54) is 9.80 Å². The van der Waals surface area contributed by atoms with Gasteiger partial charge >= 0.3 is 0 Å². The molecule has 4 fully saturated rings. The van der Waals surface area contributed by atoms with E-state index in [1.807, 2.05) is 50.2 Å². The van der Waals surface area contributed by atoms with Crippen LogP contribution in [0.1, 0.15) is 24.0 Å². The molecule has 4 aliphatic carbocycles. The van der Waals surface area contributed by atoms with Crippen LogP contribution in [0.15, 0.2) is 60.7 Å². The summed E-state index contributed by atoms with van der Waals surface area (Å²) in [6, 6.07) is 11.6. The van der Waals surface area contributed by atoms with Gasteiger partial charge in [0.15, 0.2) is 0 Å². The van der Waals surface area contributed by atoms with Crippen molar-refractivity contribution in [3.8, 4) is 11.1 Å². The van der Waals surface area contributed by atoms with Crippen molar-refractivity contribution in [2.24, 2.45) is 47.3 Å². The van der Waals surface area contributed by atoms with E-state index in [0.29, 0.717) is 11.4 Å². The number of carbonyl (C=O) groups is 4. The van der Waals surface area contributed by atoms with Crippen molar-refractivity contribution in [2.75, 3.05) is 9.80 Å². The minimum Gasteiger partial charge on any atom is -0.274 e. The Morgan fingerprint density at radius 2 is 0.842 bits per heavy atom. The third-order valence-electron chi connectivity index (χ3n) is 10.1. The second kappa shape index (κ2) is 7.40. The lowest BCUT2D eigenvalue weighted by Crippen LogP contribution is -2.33. The van der Waals surface area contributed by atoms with Crippen LogP contribution in [0, 0.1) is 61.2 Å². The zero-order valence-electron chi connectivity index (χ0n) is 21.3. The maximum Gasteiger partial charge on any atom is 0.238 e. The molecule has 2 heterocycles. The Hall–Kier alpha value is -3.80. The molecule has 0 aromatic heterocycles. The van der Waals surface area contributed by atoms with Crippen LogP contribution in [-0.4, -0.2) is 23.6 Å². The molecule has 8 rings (SSSR count). The monoisotopic (exact) mass is 504 g/mol. The van der Waals surface area contributed by atoms with E-state index in [4.69, 9.17) is 0 Å². The predicted octanol–water partition coefficient (Wildman–Crippen LogP) is 4.59. The minimum atomic E-state index is -0.215. The van der Waals surface area contributed by atoms with Crippen LogP contribution in [0.4, 0.5) is 11.4 Å². The van der Waals surface area contributed by atoms with Crippen LogP contribution in [0.5, 0.6) is 0 Å². The van der Waals surface area contributed by atoms with Crippen molar-refractivity contribution in [3.63, 3.8) is 0 Å². The molecule has 2 aliphatic heterocycles. The molecule has 6 nitrogen and oxygen atoms in total. The van der Waals surface area contributed by atoms with E-state index in [-0.39, 0.29) is 71.0 Å². The number of amides is 4. The van der Waals surface area contributed by atoms with E-state index < -0.39 is 0 Å². The molecule has 2 aromatic carbocycles. The molecular weight excluding hydrogens is 476 g/mol. The van der Waals surface area contributed by atoms with Gasteiger partial charge < -0.3 is 0 Å². The number of allylic oxidation sites excluding steroid dienone is 4. The number of hydrogen-bond donors (Lipinski definition) is 0. The standard InChI is InChI=1S/C32H28N2O4/c1-15-11-17(7-9-23(15)33-29(35)25-19-3-4-20(13-19)26(25)30(33)36)18-8-10-24(16(2)12-18)34-31(37)27-21-5-6-22(14-21)28(27)32(34)38/h3-12,19-22,25-28H,13-14H2,1-2H3/t19-,20-,21-,22+,25-,26+,27-,28+/m0/s1. The molecular formula is C32H28N2O4. The van der Waals surface area contributed by atoms with Crippen molar-refractivity contribution >= 4 is 35.0 Å². The second-order valence-electron chi connectivity index (χ2n) is 12.0. The molecule has 2 saturated heterocycles. The van der Waals surface area contributed by atoms with Crippen LogP contribution >= 0.6 is 0 Å². The Balaban J connectivity index is 1.08. The Morgan fingerprint density at radius 3 is 1.13 bits per heavy atom. The second-order valence-corrected chi connectivity index (χ2v) is 12.0. The average Bonchev–Trinajstić information content (AvgIpc) is 3.74. The average molecular weight is 505 g/mol. The number of hydrogen-bond acceptors (Lipinski definition) is 4. The lowest BCUT2D eigenvalue weighted by atomic mass is 9.85. The molecule has 2 aromatic rings. The number of anilines is 2. The summed E-state index contributed by atoms with van der Waals surface area (Å²) in [5.74, 6) is -0.380. The van der Waals surface area contributed by atoms with Crippen molar-refractivity contribution in [1.29, 1.82) is 0 Å². The van der Waals surface area contributed by atoms with Crippen molar-refractivity contribution < 1.29 is 19.2 Å². The molecule has 8 atom stereocenters. The number of aryl methyl sites for hydroxylation is 2. The van der Waals surface area contributed by atoms with Crippen LogP contribution < -0.4 is 9.80 Å². The topological polar surface area (TPSA) is 74.8 Å². The third kappa shape index (κ3) is 2.68.